The molecule has 0 bridgehead atoms. The molecule has 2 N–H and O–H groups in total. The number of hydrogen-bond donors (Lipinski definition) is 2. The summed E-state index contributed by atoms with van der Waals surface area (Å²) in [6.07, 6.45) is 4.54. The molecule has 0 radical (unpaired) electrons. The van der Waals surface area contributed by atoms with E-state index in [0.29, 0.717) is 5.69 Å². The smallest absolute Gasteiger partial charge is 0.294 e. The van der Waals surface area contributed by atoms with Gasteiger partial charge in [0.2, 0.25) is 0 Å². The van der Waals surface area contributed by atoms with E-state index in [1.165, 1.54) is 35.3 Å². The summed E-state index contributed by atoms with van der Waals surface area (Å²) in [5.41, 5.74) is -0.775. The largest absolute Gasteiger partial charge is 0.388 e. The lowest BCUT2D eigenvalue weighted by Crippen LogP contribution is -2.44. The van der Waals surface area contributed by atoms with Gasteiger partial charge in [-0.3, -0.25) is 14.9 Å². The summed E-state index contributed by atoms with van der Waals surface area (Å²) in [5.74, 6) is -0.521. The van der Waals surface area contributed by atoms with Crippen LogP contribution in [0.1, 0.15) is 31.1 Å². The van der Waals surface area contributed by atoms with Gasteiger partial charge in [-0.2, -0.15) is 0 Å². The van der Waals surface area contributed by atoms with Gasteiger partial charge in [-0.25, -0.2) is 4.98 Å². The van der Waals surface area contributed by atoms with E-state index in [9.17, 15) is 20.0 Å². The molecule has 128 valence electrons. The molecule has 0 saturated heterocycles. The molecule has 2 rings (SSSR count). The highest BCUT2D eigenvalue weighted by Gasteiger charge is 2.26. The lowest BCUT2D eigenvalue weighted by atomic mass is 9.92. The molecule has 1 aromatic heterocycles. The first-order valence-electron chi connectivity index (χ1n) is 7.49. The molecule has 2 aromatic rings. The minimum atomic E-state index is -1.06. The standard InChI is InChI=1S/C16H20N4O4/c1-11(2)16(3,22)9-18-15(21)12-4-5-13(14(8-12)20(23)24)19-7-6-17-10-19/h4-8,10-11,22H,9H2,1-3H3,(H,18,21). The molecule has 1 unspecified atom stereocenters. The van der Waals surface area contributed by atoms with Gasteiger partial charge in [0.1, 0.15) is 5.69 Å². The van der Waals surface area contributed by atoms with Crippen molar-refractivity contribution in [3.8, 4) is 5.69 Å². The molecule has 0 saturated carbocycles. The van der Waals surface area contributed by atoms with Crippen LogP contribution in [-0.4, -0.2) is 37.6 Å². The highest BCUT2D eigenvalue weighted by Crippen LogP contribution is 2.24. The van der Waals surface area contributed by atoms with E-state index in [0.717, 1.165) is 0 Å². The Bertz CT molecular complexity index is 739. The zero-order chi connectivity index (χ0) is 17.9. The van der Waals surface area contributed by atoms with Crippen molar-refractivity contribution >= 4 is 11.6 Å². The lowest BCUT2D eigenvalue weighted by molar-refractivity contribution is -0.384. The summed E-state index contributed by atoms with van der Waals surface area (Å²) in [5, 5.41) is 24.1. The maximum atomic E-state index is 12.2. The van der Waals surface area contributed by atoms with Gasteiger partial charge in [-0.05, 0) is 25.0 Å². The number of amides is 1. The number of aliphatic hydroxyl groups is 1. The summed E-state index contributed by atoms with van der Waals surface area (Å²) < 4.78 is 1.50. The van der Waals surface area contributed by atoms with Crippen LogP contribution in [0.25, 0.3) is 5.69 Å². The second kappa shape index (κ2) is 6.79. The lowest BCUT2D eigenvalue weighted by Gasteiger charge is -2.27. The van der Waals surface area contributed by atoms with Crippen LogP contribution in [0, 0.1) is 16.0 Å². The maximum absolute atomic E-state index is 12.2. The van der Waals surface area contributed by atoms with Crippen molar-refractivity contribution < 1.29 is 14.8 Å². The third kappa shape index (κ3) is 3.77. The number of hydrogen-bond acceptors (Lipinski definition) is 5. The maximum Gasteiger partial charge on any atom is 0.294 e. The Kier molecular flexibility index (Phi) is 4.99. The van der Waals surface area contributed by atoms with E-state index in [1.807, 2.05) is 13.8 Å². The molecule has 1 atom stereocenters. The Labute approximate surface area is 139 Å². The van der Waals surface area contributed by atoms with Crippen molar-refractivity contribution in [2.75, 3.05) is 6.54 Å². The molecule has 0 spiro atoms. The fourth-order valence-electron chi connectivity index (χ4n) is 2.00. The van der Waals surface area contributed by atoms with Crippen LogP contribution < -0.4 is 5.32 Å². The van der Waals surface area contributed by atoms with Gasteiger partial charge >= 0.3 is 0 Å². The molecule has 0 aliphatic heterocycles. The fourth-order valence-corrected chi connectivity index (χ4v) is 2.00. The van der Waals surface area contributed by atoms with Crippen LogP contribution >= 0.6 is 0 Å². The van der Waals surface area contributed by atoms with Gasteiger partial charge in [-0.15, -0.1) is 0 Å². The normalized spacial score (nSPS) is 13.5. The number of carbonyl (C=O) groups is 1. The van der Waals surface area contributed by atoms with Gasteiger partial charge in [-0.1, -0.05) is 13.8 Å². The number of nitro benzene ring substituents is 1. The SMILES string of the molecule is CC(C)C(C)(O)CNC(=O)c1ccc(-n2ccnc2)c([N+](=O)[O-])c1. The van der Waals surface area contributed by atoms with E-state index >= 15 is 0 Å². The number of aromatic nitrogens is 2. The topological polar surface area (TPSA) is 110 Å². The first kappa shape index (κ1) is 17.6. The zero-order valence-corrected chi connectivity index (χ0v) is 13.8. The number of nitrogens with zero attached hydrogens (tertiary/aromatic N) is 3. The molecular weight excluding hydrogens is 312 g/mol. The third-order valence-corrected chi connectivity index (χ3v) is 4.07. The predicted molar refractivity (Wildman–Crippen MR) is 88.0 cm³/mol. The summed E-state index contributed by atoms with van der Waals surface area (Å²) in [6.45, 7) is 5.37. The quantitative estimate of drug-likeness (QED) is 0.620. The minimum Gasteiger partial charge on any atom is -0.388 e. The Morgan fingerprint density at radius 3 is 2.75 bits per heavy atom. The number of carbonyl (C=O) groups excluding carboxylic acids is 1. The number of imidazole rings is 1. The summed E-state index contributed by atoms with van der Waals surface area (Å²) in [6, 6.07) is 4.21. The zero-order valence-electron chi connectivity index (χ0n) is 13.8. The van der Waals surface area contributed by atoms with E-state index in [1.54, 1.807) is 13.1 Å². The van der Waals surface area contributed by atoms with Crippen molar-refractivity contribution in [1.82, 2.24) is 14.9 Å². The molecule has 1 aromatic carbocycles. The van der Waals surface area contributed by atoms with Crippen LogP contribution in [0.15, 0.2) is 36.9 Å². The Morgan fingerprint density at radius 2 is 2.21 bits per heavy atom. The van der Waals surface area contributed by atoms with Crippen molar-refractivity contribution in [3.05, 3.63) is 52.6 Å². The van der Waals surface area contributed by atoms with E-state index < -0.39 is 16.4 Å². The Morgan fingerprint density at radius 1 is 1.50 bits per heavy atom. The van der Waals surface area contributed by atoms with Gasteiger partial charge in [0.25, 0.3) is 11.6 Å². The van der Waals surface area contributed by atoms with Crippen molar-refractivity contribution in [2.24, 2.45) is 5.92 Å². The molecule has 0 aliphatic rings. The van der Waals surface area contributed by atoms with E-state index in [-0.39, 0.29) is 23.7 Å². The van der Waals surface area contributed by atoms with Crippen LogP contribution in [0.4, 0.5) is 5.69 Å². The van der Waals surface area contributed by atoms with Crippen LogP contribution in [0.2, 0.25) is 0 Å². The highest BCUT2D eigenvalue weighted by molar-refractivity contribution is 5.95. The molecule has 8 nitrogen and oxygen atoms in total. The highest BCUT2D eigenvalue weighted by atomic mass is 16.6. The van der Waals surface area contributed by atoms with Gasteiger partial charge in [0, 0.05) is 30.6 Å². The van der Waals surface area contributed by atoms with Crippen LogP contribution in [-0.2, 0) is 0 Å². The van der Waals surface area contributed by atoms with Crippen LogP contribution in [0.3, 0.4) is 0 Å². The predicted octanol–water partition coefficient (Wildman–Crippen LogP) is 1.92. The number of benzene rings is 1. The first-order valence-corrected chi connectivity index (χ1v) is 7.49. The average Bonchev–Trinajstić information content (AvgIpc) is 3.06. The fraction of sp³-hybridized carbons (Fsp3) is 0.375. The monoisotopic (exact) mass is 332 g/mol. The van der Waals surface area contributed by atoms with Crippen LogP contribution in [0.5, 0.6) is 0 Å². The van der Waals surface area contributed by atoms with E-state index in [2.05, 4.69) is 10.3 Å². The van der Waals surface area contributed by atoms with Crippen molar-refractivity contribution in [3.63, 3.8) is 0 Å². The molecule has 0 aliphatic carbocycles. The number of rotatable bonds is 6. The van der Waals surface area contributed by atoms with Crippen molar-refractivity contribution in [2.45, 2.75) is 26.4 Å². The summed E-state index contributed by atoms with van der Waals surface area (Å²) >= 11 is 0. The molecule has 1 amide bonds. The summed E-state index contributed by atoms with van der Waals surface area (Å²) in [7, 11) is 0. The third-order valence-electron chi connectivity index (χ3n) is 4.07. The van der Waals surface area contributed by atoms with Gasteiger partial charge in [0.15, 0.2) is 0 Å². The van der Waals surface area contributed by atoms with E-state index in [4.69, 9.17) is 0 Å². The van der Waals surface area contributed by atoms with Crippen molar-refractivity contribution in [1.29, 1.82) is 0 Å². The molecule has 0 fully saturated rings. The second-order valence-electron chi connectivity index (χ2n) is 6.13. The minimum absolute atomic E-state index is 0.0456. The Balaban J connectivity index is 2.24. The molecule has 8 heteroatoms. The van der Waals surface area contributed by atoms with Gasteiger partial charge < -0.3 is 15.0 Å². The Hall–Kier alpha value is -2.74. The molecular formula is C16H20N4O4. The number of nitro groups is 1. The average molecular weight is 332 g/mol. The molecule has 1 heterocycles. The second-order valence-corrected chi connectivity index (χ2v) is 6.13. The number of nitrogens with one attached hydrogen (secondary N) is 1. The van der Waals surface area contributed by atoms with Gasteiger partial charge in [0.05, 0.1) is 16.9 Å². The summed E-state index contributed by atoms with van der Waals surface area (Å²) in [4.78, 5) is 26.8. The first-order chi connectivity index (χ1) is 11.2. The molecule has 24 heavy (non-hydrogen) atoms.